The Morgan fingerprint density at radius 2 is 1.97 bits per heavy atom. The fraction of sp³-hybridized carbons (Fsp3) is 0.154. The summed E-state index contributed by atoms with van der Waals surface area (Å²) in [7, 11) is 0. The third-order valence-electron chi connectivity index (χ3n) is 6.00. The number of carboxylic acids is 1. The maximum absolute atomic E-state index is 11.6. The minimum Gasteiger partial charge on any atom is -0.488 e. The van der Waals surface area contributed by atoms with Crippen molar-refractivity contribution in [3.8, 4) is 5.75 Å². The maximum Gasteiger partial charge on any atom is 0.335 e. The number of nitrogens with zero attached hydrogens (tertiary/aromatic N) is 2. The average Bonchev–Trinajstić information content (AvgIpc) is 3.12. The molecule has 4 aromatic rings. The number of fused-ring (bicyclic) bond motifs is 3. The normalized spacial score (nSPS) is 14.1. The van der Waals surface area contributed by atoms with Gasteiger partial charge in [0.15, 0.2) is 0 Å². The molecule has 5 heteroatoms. The predicted molar refractivity (Wildman–Crippen MR) is 120 cm³/mol. The third-order valence-corrected chi connectivity index (χ3v) is 6.00. The molecule has 0 fully saturated rings. The average molecular weight is 410 g/mol. The lowest BCUT2D eigenvalue weighted by Crippen LogP contribution is -2.01. The van der Waals surface area contributed by atoms with E-state index in [0.717, 1.165) is 33.3 Å². The lowest BCUT2D eigenvalue weighted by atomic mass is 9.93. The van der Waals surface area contributed by atoms with Gasteiger partial charge >= 0.3 is 5.97 Å². The summed E-state index contributed by atoms with van der Waals surface area (Å²) in [6.07, 6.45) is 4.00. The summed E-state index contributed by atoms with van der Waals surface area (Å²) in [6, 6.07) is 17.3. The van der Waals surface area contributed by atoms with Crippen molar-refractivity contribution in [3.05, 3.63) is 100 Å². The highest BCUT2D eigenvalue weighted by Crippen LogP contribution is 2.37. The second-order valence-electron chi connectivity index (χ2n) is 7.85. The molecule has 5 nitrogen and oxygen atoms in total. The van der Waals surface area contributed by atoms with Gasteiger partial charge in [-0.15, -0.1) is 0 Å². The highest BCUT2D eigenvalue weighted by molar-refractivity contribution is 5.92. The molecular weight excluding hydrogens is 388 g/mol. The molecule has 31 heavy (non-hydrogen) atoms. The molecule has 1 N–H and O–H groups in total. The first kappa shape index (κ1) is 19.1. The van der Waals surface area contributed by atoms with Gasteiger partial charge in [0.1, 0.15) is 12.4 Å². The Morgan fingerprint density at radius 3 is 2.81 bits per heavy atom. The number of aryl methyl sites for hydroxylation is 2. The van der Waals surface area contributed by atoms with Crippen LogP contribution in [0.15, 0.2) is 67.0 Å². The van der Waals surface area contributed by atoms with Crippen LogP contribution in [0.3, 0.4) is 0 Å². The van der Waals surface area contributed by atoms with Gasteiger partial charge in [-0.2, -0.15) is 0 Å². The minimum absolute atomic E-state index is 0.243. The largest absolute Gasteiger partial charge is 0.488 e. The molecule has 0 amide bonds. The SMILES string of the molecule is Cc1ccc2ncn(CC=C3c4ccccc4COc4ccc(C(=O)O)cc43)c2c1C. The molecule has 154 valence electrons. The summed E-state index contributed by atoms with van der Waals surface area (Å²) in [5.41, 5.74) is 8.67. The fourth-order valence-corrected chi connectivity index (χ4v) is 4.20. The van der Waals surface area contributed by atoms with Crippen molar-refractivity contribution in [2.24, 2.45) is 0 Å². The molecule has 0 aliphatic carbocycles. The van der Waals surface area contributed by atoms with Crippen LogP contribution in [0, 0.1) is 13.8 Å². The topological polar surface area (TPSA) is 64.4 Å². The molecule has 1 aromatic heterocycles. The monoisotopic (exact) mass is 410 g/mol. The first-order chi connectivity index (χ1) is 15.0. The number of hydrogen-bond donors (Lipinski definition) is 1. The summed E-state index contributed by atoms with van der Waals surface area (Å²) in [6.45, 7) is 5.28. The highest BCUT2D eigenvalue weighted by atomic mass is 16.5. The van der Waals surface area contributed by atoms with E-state index in [0.29, 0.717) is 18.9 Å². The van der Waals surface area contributed by atoms with Crippen molar-refractivity contribution in [2.45, 2.75) is 27.0 Å². The fourth-order valence-electron chi connectivity index (χ4n) is 4.20. The standard InChI is InChI=1S/C26H22N2O3/c1-16-7-9-23-25(17(16)2)28(15-27-23)12-11-21-20-6-4-3-5-19(20)14-31-24-10-8-18(26(29)30)13-22(21)24/h3-11,13,15H,12,14H2,1-2H3,(H,29,30). The van der Waals surface area contributed by atoms with E-state index in [1.54, 1.807) is 18.2 Å². The number of carbonyl (C=O) groups is 1. The molecule has 0 radical (unpaired) electrons. The minimum atomic E-state index is -0.952. The number of allylic oxidation sites excluding steroid dienone is 1. The number of imidazole rings is 1. The summed E-state index contributed by atoms with van der Waals surface area (Å²) >= 11 is 0. The molecule has 0 unspecified atom stereocenters. The molecule has 0 saturated heterocycles. The van der Waals surface area contributed by atoms with E-state index >= 15 is 0 Å². The molecule has 1 aliphatic heterocycles. The Labute approximate surface area is 180 Å². The number of ether oxygens (including phenoxy) is 1. The molecular formula is C26H22N2O3. The van der Waals surface area contributed by atoms with Crippen LogP contribution in [-0.4, -0.2) is 20.6 Å². The van der Waals surface area contributed by atoms with Gasteiger partial charge in [0, 0.05) is 12.1 Å². The van der Waals surface area contributed by atoms with Gasteiger partial charge in [-0.1, -0.05) is 36.4 Å². The number of carboxylic acid groups (broad SMARTS) is 1. The summed E-state index contributed by atoms with van der Waals surface area (Å²) < 4.78 is 8.17. The van der Waals surface area contributed by atoms with Gasteiger partial charge in [0.25, 0.3) is 0 Å². The molecule has 5 rings (SSSR count). The van der Waals surface area contributed by atoms with Crippen LogP contribution in [0.1, 0.15) is 38.2 Å². The van der Waals surface area contributed by atoms with Crippen LogP contribution in [0.4, 0.5) is 0 Å². The van der Waals surface area contributed by atoms with E-state index in [2.05, 4.69) is 41.6 Å². The van der Waals surface area contributed by atoms with E-state index in [-0.39, 0.29) is 5.56 Å². The van der Waals surface area contributed by atoms with E-state index in [4.69, 9.17) is 4.74 Å². The van der Waals surface area contributed by atoms with Crippen LogP contribution in [-0.2, 0) is 13.2 Å². The van der Waals surface area contributed by atoms with Gasteiger partial charge < -0.3 is 14.4 Å². The molecule has 0 atom stereocenters. The van der Waals surface area contributed by atoms with Gasteiger partial charge in [-0.25, -0.2) is 9.78 Å². The van der Waals surface area contributed by atoms with Crippen molar-refractivity contribution in [1.29, 1.82) is 0 Å². The Bertz CT molecular complexity index is 1360. The van der Waals surface area contributed by atoms with Crippen molar-refractivity contribution >= 4 is 22.6 Å². The Hall–Kier alpha value is -3.86. The van der Waals surface area contributed by atoms with Gasteiger partial charge in [0.05, 0.1) is 22.9 Å². The number of hydrogen-bond acceptors (Lipinski definition) is 3. The number of aromatic nitrogens is 2. The van der Waals surface area contributed by atoms with Crippen LogP contribution in [0.2, 0.25) is 0 Å². The Kier molecular flexibility index (Phi) is 4.59. The third kappa shape index (κ3) is 3.28. The van der Waals surface area contributed by atoms with Gasteiger partial charge in [-0.05, 0) is 65.9 Å². The lowest BCUT2D eigenvalue weighted by Gasteiger charge is -2.12. The Morgan fingerprint density at radius 1 is 1.13 bits per heavy atom. The van der Waals surface area contributed by atoms with Crippen molar-refractivity contribution in [2.75, 3.05) is 0 Å². The van der Waals surface area contributed by atoms with Gasteiger partial charge in [-0.3, -0.25) is 0 Å². The number of aromatic carboxylic acids is 1. The molecule has 1 aliphatic rings. The molecule has 0 bridgehead atoms. The highest BCUT2D eigenvalue weighted by Gasteiger charge is 2.20. The molecule has 0 saturated carbocycles. The number of rotatable bonds is 3. The molecule has 2 heterocycles. The van der Waals surface area contributed by atoms with Crippen LogP contribution in [0.5, 0.6) is 5.75 Å². The van der Waals surface area contributed by atoms with Gasteiger partial charge in [0.2, 0.25) is 0 Å². The summed E-state index contributed by atoms with van der Waals surface area (Å²) in [5, 5.41) is 9.52. The molecule has 0 spiro atoms. The zero-order valence-corrected chi connectivity index (χ0v) is 17.4. The van der Waals surface area contributed by atoms with Crippen LogP contribution in [0.25, 0.3) is 16.6 Å². The van der Waals surface area contributed by atoms with E-state index in [1.807, 2.05) is 30.6 Å². The van der Waals surface area contributed by atoms with Crippen LogP contribution < -0.4 is 4.74 Å². The quantitative estimate of drug-likeness (QED) is 0.493. The van der Waals surface area contributed by atoms with E-state index < -0.39 is 5.97 Å². The molecule has 3 aromatic carbocycles. The first-order valence-electron chi connectivity index (χ1n) is 10.2. The maximum atomic E-state index is 11.6. The zero-order valence-electron chi connectivity index (χ0n) is 17.4. The smallest absolute Gasteiger partial charge is 0.335 e. The second kappa shape index (κ2) is 7.43. The first-order valence-corrected chi connectivity index (χ1v) is 10.2. The number of benzene rings is 3. The van der Waals surface area contributed by atoms with Crippen molar-refractivity contribution in [3.63, 3.8) is 0 Å². The summed E-state index contributed by atoms with van der Waals surface area (Å²) in [4.78, 5) is 16.2. The predicted octanol–water partition coefficient (Wildman–Crippen LogP) is 5.38. The Balaban J connectivity index is 1.68. The van der Waals surface area contributed by atoms with E-state index in [1.165, 1.54) is 11.1 Å². The van der Waals surface area contributed by atoms with Crippen LogP contribution >= 0.6 is 0 Å². The van der Waals surface area contributed by atoms with Crippen molar-refractivity contribution in [1.82, 2.24) is 9.55 Å². The van der Waals surface area contributed by atoms with E-state index in [9.17, 15) is 9.90 Å². The summed E-state index contributed by atoms with van der Waals surface area (Å²) in [5.74, 6) is -0.263. The second-order valence-corrected chi connectivity index (χ2v) is 7.85. The zero-order chi connectivity index (χ0) is 21.5. The lowest BCUT2D eigenvalue weighted by molar-refractivity contribution is 0.0697. The van der Waals surface area contributed by atoms with Crippen molar-refractivity contribution < 1.29 is 14.6 Å².